The molecule has 2 bridgehead atoms. The minimum atomic E-state index is -0.229. The molecule has 3 heterocycles. The number of ether oxygens (including phenoxy) is 2. The molecule has 3 rings (SSSR count). The monoisotopic (exact) mass is 360 g/mol. The van der Waals surface area contributed by atoms with E-state index in [1.165, 1.54) is 5.57 Å². The molecule has 0 N–H and O–H groups in total. The average molecular weight is 361 g/mol. The summed E-state index contributed by atoms with van der Waals surface area (Å²) in [6.45, 7) is 16.9. The lowest BCUT2D eigenvalue weighted by Crippen LogP contribution is -2.56. The Morgan fingerprint density at radius 1 is 1.31 bits per heavy atom. The molecule has 0 aliphatic carbocycles. The second-order valence-electron chi connectivity index (χ2n) is 8.53. The zero-order valence-corrected chi connectivity index (χ0v) is 17.8. The standard InChI is InChI=1S/C23H36O3/c1-9-19-21-17(6)18(7)22(24)25-20(10-2)15(4)12-11-14(3)16(5)13-23(19,8)26-21/h9,11,14,16-18,20-21H,10,13H2,1-8H3. The lowest BCUT2D eigenvalue weighted by atomic mass is 9.70. The van der Waals surface area contributed by atoms with Crippen molar-refractivity contribution in [2.45, 2.75) is 86.0 Å². The van der Waals surface area contributed by atoms with Crippen LogP contribution in [0.25, 0.3) is 0 Å². The van der Waals surface area contributed by atoms with Gasteiger partial charge in [-0.15, -0.1) is 5.73 Å². The molecule has 3 aliphatic rings. The van der Waals surface area contributed by atoms with Crippen LogP contribution in [0.5, 0.6) is 0 Å². The molecule has 146 valence electrons. The lowest BCUT2D eigenvalue weighted by Gasteiger charge is -2.53. The Morgan fingerprint density at radius 3 is 2.54 bits per heavy atom. The number of rotatable bonds is 1. The van der Waals surface area contributed by atoms with E-state index in [2.05, 4.69) is 52.5 Å². The molecule has 0 saturated carbocycles. The summed E-state index contributed by atoms with van der Waals surface area (Å²) in [6, 6.07) is 0. The van der Waals surface area contributed by atoms with Crippen LogP contribution in [0, 0.1) is 23.7 Å². The summed E-state index contributed by atoms with van der Waals surface area (Å²) < 4.78 is 12.2. The molecule has 0 spiro atoms. The number of allylic oxidation sites excluding steroid dienone is 1. The van der Waals surface area contributed by atoms with Crippen molar-refractivity contribution in [1.82, 2.24) is 0 Å². The third kappa shape index (κ3) is 4.00. The van der Waals surface area contributed by atoms with E-state index in [1.807, 2.05) is 20.8 Å². The van der Waals surface area contributed by atoms with Gasteiger partial charge in [-0.05, 0) is 63.0 Å². The van der Waals surface area contributed by atoms with Crippen LogP contribution in [-0.2, 0) is 14.3 Å². The van der Waals surface area contributed by atoms with Gasteiger partial charge in [0.15, 0.2) is 0 Å². The summed E-state index contributed by atoms with van der Waals surface area (Å²) in [7, 11) is 0. The van der Waals surface area contributed by atoms with Gasteiger partial charge in [-0.1, -0.05) is 40.7 Å². The zero-order chi connectivity index (χ0) is 19.6. The lowest BCUT2D eigenvalue weighted by molar-refractivity contribution is -0.178. The molecule has 1 fully saturated rings. The van der Waals surface area contributed by atoms with Crippen molar-refractivity contribution in [1.29, 1.82) is 0 Å². The number of fused-ring (bicyclic) bond motifs is 8. The van der Waals surface area contributed by atoms with Gasteiger partial charge in [0.05, 0.1) is 17.6 Å². The second kappa shape index (κ2) is 8.15. The van der Waals surface area contributed by atoms with Gasteiger partial charge in [-0.25, -0.2) is 0 Å². The van der Waals surface area contributed by atoms with Crippen LogP contribution in [-0.4, -0.2) is 23.8 Å². The Hall–Kier alpha value is -1.31. The maximum absolute atomic E-state index is 12.7. The van der Waals surface area contributed by atoms with Crippen LogP contribution in [0.4, 0.5) is 0 Å². The van der Waals surface area contributed by atoms with Gasteiger partial charge in [0.2, 0.25) is 0 Å². The SMILES string of the molecule is CC=C1C2OC1(C)CC(C)C(C)C=C=C(C)C(CC)OC(=O)C(C)C2C. The largest absolute Gasteiger partial charge is 0.457 e. The highest BCUT2D eigenvalue weighted by atomic mass is 16.5. The number of hydrogen-bond donors (Lipinski definition) is 0. The fourth-order valence-electron chi connectivity index (χ4n) is 4.20. The van der Waals surface area contributed by atoms with Crippen molar-refractivity contribution in [3.63, 3.8) is 0 Å². The Kier molecular flexibility index (Phi) is 6.58. The van der Waals surface area contributed by atoms with Gasteiger partial charge < -0.3 is 9.47 Å². The van der Waals surface area contributed by atoms with E-state index in [1.54, 1.807) is 0 Å². The van der Waals surface area contributed by atoms with Crippen LogP contribution in [0.1, 0.15) is 68.2 Å². The highest BCUT2D eigenvalue weighted by Crippen LogP contribution is 2.48. The molecular formula is C23H36O3. The molecule has 0 radical (unpaired) electrons. The Morgan fingerprint density at radius 2 is 1.96 bits per heavy atom. The Balaban J connectivity index is 2.41. The number of carbonyl (C=O) groups is 1. The van der Waals surface area contributed by atoms with Crippen molar-refractivity contribution < 1.29 is 14.3 Å². The number of carbonyl (C=O) groups excluding carboxylic acids is 1. The number of hydrogen-bond acceptors (Lipinski definition) is 3. The molecule has 26 heavy (non-hydrogen) atoms. The highest BCUT2D eigenvalue weighted by molar-refractivity contribution is 5.73. The average Bonchev–Trinajstić information content (AvgIpc) is 2.59. The quantitative estimate of drug-likeness (QED) is 0.354. The van der Waals surface area contributed by atoms with Crippen LogP contribution in [0.15, 0.2) is 29.0 Å². The molecule has 3 heteroatoms. The minimum Gasteiger partial charge on any atom is -0.457 e. The molecule has 3 aliphatic heterocycles. The van der Waals surface area contributed by atoms with Gasteiger partial charge in [0.1, 0.15) is 6.10 Å². The first-order valence-electron chi connectivity index (χ1n) is 10.1. The van der Waals surface area contributed by atoms with E-state index >= 15 is 0 Å². The van der Waals surface area contributed by atoms with Crippen LogP contribution < -0.4 is 0 Å². The summed E-state index contributed by atoms with van der Waals surface area (Å²) in [5.41, 5.74) is 5.48. The van der Waals surface area contributed by atoms with Crippen molar-refractivity contribution >= 4 is 5.97 Å². The smallest absolute Gasteiger partial charge is 0.309 e. The summed E-state index contributed by atoms with van der Waals surface area (Å²) in [5, 5.41) is 0. The highest BCUT2D eigenvalue weighted by Gasteiger charge is 2.51. The van der Waals surface area contributed by atoms with Crippen molar-refractivity contribution in [3.8, 4) is 0 Å². The minimum absolute atomic E-state index is 0.00487. The van der Waals surface area contributed by atoms with E-state index in [4.69, 9.17) is 9.47 Å². The molecule has 0 amide bonds. The first-order chi connectivity index (χ1) is 12.1. The third-order valence-electron chi connectivity index (χ3n) is 6.55. The molecule has 0 aromatic rings. The molecule has 3 nitrogen and oxygen atoms in total. The zero-order valence-electron chi connectivity index (χ0n) is 17.8. The van der Waals surface area contributed by atoms with Gasteiger partial charge >= 0.3 is 5.97 Å². The van der Waals surface area contributed by atoms with Gasteiger partial charge in [0, 0.05) is 5.57 Å². The first kappa shape index (κ1) is 21.0. The molecular weight excluding hydrogens is 324 g/mol. The van der Waals surface area contributed by atoms with Crippen molar-refractivity contribution in [3.05, 3.63) is 29.0 Å². The molecule has 0 aromatic carbocycles. The summed E-state index contributed by atoms with van der Waals surface area (Å²) >= 11 is 0. The third-order valence-corrected chi connectivity index (χ3v) is 6.55. The van der Waals surface area contributed by atoms with Gasteiger partial charge in [-0.2, -0.15) is 0 Å². The first-order valence-corrected chi connectivity index (χ1v) is 10.1. The predicted octanol–water partition coefficient (Wildman–Crippen LogP) is 5.46. The fraction of sp³-hybridized carbons (Fsp3) is 0.739. The van der Waals surface area contributed by atoms with E-state index in [0.717, 1.165) is 18.4 Å². The van der Waals surface area contributed by atoms with E-state index in [9.17, 15) is 4.79 Å². The van der Waals surface area contributed by atoms with Crippen molar-refractivity contribution in [2.24, 2.45) is 23.7 Å². The summed E-state index contributed by atoms with van der Waals surface area (Å²) in [5.74, 6) is 0.612. The summed E-state index contributed by atoms with van der Waals surface area (Å²) in [4.78, 5) is 12.7. The Labute approximate surface area is 159 Å². The van der Waals surface area contributed by atoms with Gasteiger partial charge in [-0.3, -0.25) is 4.79 Å². The maximum atomic E-state index is 12.7. The van der Waals surface area contributed by atoms with Gasteiger partial charge in [0.25, 0.3) is 0 Å². The molecule has 7 unspecified atom stereocenters. The molecule has 7 atom stereocenters. The normalized spacial score (nSPS) is 43.3. The predicted molar refractivity (Wildman–Crippen MR) is 106 cm³/mol. The topological polar surface area (TPSA) is 35.5 Å². The molecule has 1 saturated heterocycles. The maximum Gasteiger partial charge on any atom is 0.309 e. The van der Waals surface area contributed by atoms with E-state index in [0.29, 0.717) is 11.8 Å². The van der Waals surface area contributed by atoms with Crippen LogP contribution in [0.3, 0.4) is 0 Å². The summed E-state index contributed by atoms with van der Waals surface area (Å²) in [6.07, 6.45) is 5.85. The van der Waals surface area contributed by atoms with E-state index < -0.39 is 0 Å². The number of esters is 1. The second-order valence-corrected chi connectivity index (χ2v) is 8.53. The molecule has 0 aromatic heterocycles. The Bertz CT molecular complexity index is 625. The van der Waals surface area contributed by atoms with E-state index in [-0.39, 0.29) is 35.6 Å². The van der Waals surface area contributed by atoms with Crippen LogP contribution >= 0.6 is 0 Å². The van der Waals surface area contributed by atoms with Crippen LogP contribution in [0.2, 0.25) is 0 Å². The van der Waals surface area contributed by atoms with Crippen molar-refractivity contribution in [2.75, 3.05) is 0 Å². The fourth-order valence-corrected chi connectivity index (χ4v) is 4.20.